The summed E-state index contributed by atoms with van der Waals surface area (Å²) in [5.74, 6) is 0.787. The highest BCUT2D eigenvalue weighted by molar-refractivity contribution is 9.10. The van der Waals surface area contributed by atoms with Crippen LogP contribution in [-0.2, 0) is 0 Å². The maximum absolute atomic E-state index is 10.6. The third kappa shape index (κ3) is 3.21. The number of aromatic nitrogens is 1. The lowest BCUT2D eigenvalue weighted by molar-refractivity contribution is -0.384. The number of hydrogen-bond donors (Lipinski definition) is 0. The Hall–Kier alpha value is -1.66. The first-order chi connectivity index (χ1) is 8.97. The molecule has 0 saturated heterocycles. The second-order valence-corrected chi connectivity index (χ2v) is 4.95. The molecule has 2 aromatic rings. The highest BCUT2D eigenvalue weighted by atomic mass is 79.9. The minimum Gasteiger partial charge on any atom is -0.439 e. The number of nitro benzene ring substituents is 1. The first-order valence-corrected chi connectivity index (χ1v) is 6.39. The summed E-state index contributed by atoms with van der Waals surface area (Å²) in [7, 11) is 0. The molecule has 1 aromatic heterocycles. The molecule has 0 saturated carbocycles. The van der Waals surface area contributed by atoms with Gasteiger partial charge < -0.3 is 4.74 Å². The molecule has 0 bridgehead atoms. The molecule has 0 atom stereocenters. The second-order valence-electron chi connectivity index (χ2n) is 3.69. The largest absolute Gasteiger partial charge is 0.439 e. The Labute approximate surface area is 122 Å². The van der Waals surface area contributed by atoms with Gasteiger partial charge in [0.2, 0.25) is 5.88 Å². The minimum absolute atomic E-state index is 0.0244. The van der Waals surface area contributed by atoms with Gasteiger partial charge >= 0.3 is 0 Å². The van der Waals surface area contributed by atoms with E-state index in [1.807, 2.05) is 13.0 Å². The number of benzene rings is 1. The summed E-state index contributed by atoms with van der Waals surface area (Å²) in [5, 5.41) is 10.7. The molecule has 19 heavy (non-hydrogen) atoms. The molecule has 0 amide bonds. The van der Waals surface area contributed by atoms with Crippen molar-refractivity contribution in [3.8, 4) is 11.6 Å². The zero-order valence-corrected chi connectivity index (χ0v) is 12.1. The van der Waals surface area contributed by atoms with Crippen molar-refractivity contribution < 1.29 is 9.66 Å². The molecule has 1 heterocycles. The zero-order chi connectivity index (χ0) is 14.0. The van der Waals surface area contributed by atoms with Crippen LogP contribution in [0, 0.1) is 17.0 Å². The molecule has 0 spiro atoms. The molecular formula is C12H8BrClN2O3. The van der Waals surface area contributed by atoms with Gasteiger partial charge in [-0.15, -0.1) is 0 Å². The van der Waals surface area contributed by atoms with Crippen LogP contribution in [-0.4, -0.2) is 9.91 Å². The summed E-state index contributed by atoms with van der Waals surface area (Å²) in [4.78, 5) is 14.3. The van der Waals surface area contributed by atoms with Crippen LogP contribution in [0.15, 0.2) is 34.8 Å². The topological polar surface area (TPSA) is 65.3 Å². The predicted molar refractivity (Wildman–Crippen MR) is 74.9 cm³/mol. The van der Waals surface area contributed by atoms with Crippen molar-refractivity contribution in [2.75, 3.05) is 0 Å². The van der Waals surface area contributed by atoms with Crippen molar-refractivity contribution in [1.82, 2.24) is 4.98 Å². The lowest BCUT2D eigenvalue weighted by Crippen LogP contribution is -1.92. The molecule has 0 N–H and O–H groups in total. The highest BCUT2D eigenvalue weighted by Crippen LogP contribution is 2.30. The van der Waals surface area contributed by atoms with E-state index in [4.69, 9.17) is 16.3 Å². The molecule has 7 heteroatoms. The molecule has 0 aliphatic carbocycles. The number of aryl methyl sites for hydroxylation is 1. The van der Waals surface area contributed by atoms with Crippen molar-refractivity contribution in [2.45, 2.75) is 6.92 Å². The molecule has 5 nitrogen and oxygen atoms in total. The van der Waals surface area contributed by atoms with Crippen molar-refractivity contribution in [1.29, 1.82) is 0 Å². The van der Waals surface area contributed by atoms with Gasteiger partial charge in [-0.25, -0.2) is 4.98 Å². The predicted octanol–water partition coefficient (Wildman–Crippen LogP) is 4.51. The fraction of sp³-hybridized carbons (Fsp3) is 0.0833. The molecular weight excluding hydrogens is 335 g/mol. The maximum Gasteiger partial charge on any atom is 0.288 e. The number of hydrogen-bond acceptors (Lipinski definition) is 4. The monoisotopic (exact) mass is 342 g/mol. The third-order valence-corrected chi connectivity index (χ3v) is 3.47. The normalized spacial score (nSPS) is 10.3. The number of rotatable bonds is 3. The van der Waals surface area contributed by atoms with Gasteiger partial charge in [0.15, 0.2) is 0 Å². The van der Waals surface area contributed by atoms with Crippen LogP contribution in [0.1, 0.15) is 5.69 Å². The molecule has 2 rings (SSSR count). The van der Waals surface area contributed by atoms with E-state index in [0.717, 1.165) is 10.2 Å². The van der Waals surface area contributed by atoms with Gasteiger partial charge in [-0.1, -0.05) is 11.6 Å². The van der Waals surface area contributed by atoms with Gasteiger partial charge in [0, 0.05) is 22.7 Å². The zero-order valence-electron chi connectivity index (χ0n) is 9.76. The first kappa shape index (κ1) is 13.8. The fourth-order valence-electron chi connectivity index (χ4n) is 1.40. The summed E-state index contributed by atoms with van der Waals surface area (Å²) in [6.07, 6.45) is 0. The number of nitro groups is 1. The lowest BCUT2D eigenvalue weighted by atomic mass is 10.3. The summed E-state index contributed by atoms with van der Waals surface area (Å²) in [6, 6.07) is 7.66. The van der Waals surface area contributed by atoms with Crippen molar-refractivity contribution >= 4 is 33.2 Å². The SMILES string of the molecule is Cc1nc(Oc2ccc([N+](=O)[O-])c(Cl)c2)ccc1Br. The summed E-state index contributed by atoms with van der Waals surface area (Å²) < 4.78 is 6.37. The quantitative estimate of drug-likeness (QED) is 0.607. The van der Waals surface area contributed by atoms with E-state index in [1.54, 1.807) is 6.07 Å². The molecule has 0 fully saturated rings. The molecule has 0 aliphatic heterocycles. The van der Waals surface area contributed by atoms with E-state index in [2.05, 4.69) is 20.9 Å². The molecule has 98 valence electrons. The van der Waals surface area contributed by atoms with Gasteiger partial charge in [-0.05, 0) is 35.0 Å². The summed E-state index contributed by atoms with van der Waals surface area (Å²) in [6.45, 7) is 1.83. The Morgan fingerprint density at radius 3 is 2.68 bits per heavy atom. The number of pyridine rings is 1. The van der Waals surface area contributed by atoms with Crippen LogP contribution in [0.2, 0.25) is 5.02 Å². The highest BCUT2D eigenvalue weighted by Gasteiger charge is 2.13. The van der Waals surface area contributed by atoms with Crippen LogP contribution < -0.4 is 4.74 Å². The number of ether oxygens (including phenoxy) is 1. The van der Waals surface area contributed by atoms with Crippen molar-refractivity contribution in [2.24, 2.45) is 0 Å². The van der Waals surface area contributed by atoms with E-state index >= 15 is 0 Å². The van der Waals surface area contributed by atoms with Gasteiger partial charge in [0.1, 0.15) is 10.8 Å². The standard InChI is InChI=1S/C12H8BrClN2O3/c1-7-9(13)3-5-12(15-7)19-8-2-4-11(16(17)18)10(14)6-8/h2-6H,1H3. The second kappa shape index (κ2) is 5.54. The van der Waals surface area contributed by atoms with E-state index < -0.39 is 4.92 Å². The molecule has 0 radical (unpaired) electrons. The Morgan fingerprint density at radius 1 is 1.37 bits per heavy atom. The van der Waals surface area contributed by atoms with Gasteiger partial charge in [0.25, 0.3) is 5.69 Å². The summed E-state index contributed by atoms with van der Waals surface area (Å²) >= 11 is 9.14. The van der Waals surface area contributed by atoms with Gasteiger partial charge in [-0.2, -0.15) is 0 Å². The van der Waals surface area contributed by atoms with Crippen LogP contribution >= 0.6 is 27.5 Å². The van der Waals surface area contributed by atoms with E-state index in [0.29, 0.717) is 11.6 Å². The lowest BCUT2D eigenvalue weighted by Gasteiger charge is -2.06. The Bertz CT molecular complexity index is 649. The molecule has 0 aliphatic rings. The maximum atomic E-state index is 10.6. The molecule has 1 aromatic carbocycles. The minimum atomic E-state index is -0.547. The van der Waals surface area contributed by atoms with E-state index in [-0.39, 0.29) is 10.7 Å². The number of nitrogens with zero attached hydrogens (tertiary/aromatic N) is 2. The van der Waals surface area contributed by atoms with Crippen LogP contribution in [0.5, 0.6) is 11.6 Å². The van der Waals surface area contributed by atoms with E-state index in [9.17, 15) is 10.1 Å². The first-order valence-electron chi connectivity index (χ1n) is 5.22. The van der Waals surface area contributed by atoms with Crippen molar-refractivity contribution in [3.63, 3.8) is 0 Å². The average Bonchev–Trinajstić information content (AvgIpc) is 2.33. The van der Waals surface area contributed by atoms with Crippen LogP contribution in [0.25, 0.3) is 0 Å². The summed E-state index contributed by atoms with van der Waals surface area (Å²) in [5.41, 5.74) is 0.625. The van der Waals surface area contributed by atoms with Crippen molar-refractivity contribution in [3.05, 3.63) is 55.6 Å². The Kier molecular flexibility index (Phi) is 4.01. The fourth-order valence-corrected chi connectivity index (χ4v) is 1.86. The Balaban J connectivity index is 2.26. The van der Waals surface area contributed by atoms with E-state index in [1.165, 1.54) is 18.2 Å². The number of halogens is 2. The Morgan fingerprint density at radius 2 is 2.11 bits per heavy atom. The smallest absolute Gasteiger partial charge is 0.288 e. The van der Waals surface area contributed by atoms with Gasteiger partial charge in [0.05, 0.1) is 10.6 Å². The van der Waals surface area contributed by atoms with Crippen LogP contribution in [0.4, 0.5) is 5.69 Å². The van der Waals surface area contributed by atoms with Crippen LogP contribution in [0.3, 0.4) is 0 Å². The third-order valence-electron chi connectivity index (χ3n) is 2.33. The average molecular weight is 344 g/mol. The van der Waals surface area contributed by atoms with Gasteiger partial charge in [-0.3, -0.25) is 10.1 Å². The molecule has 0 unspecified atom stereocenters.